The van der Waals surface area contributed by atoms with E-state index >= 15 is 0 Å². The van der Waals surface area contributed by atoms with Crippen molar-refractivity contribution in [1.82, 2.24) is 14.5 Å². The molecule has 2 aromatic heterocycles. The molecule has 2 aromatic carbocycles. The zero-order valence-electron chi connectivity index (χ0n) is 19.6. The first-order valence-electron chi connectivity index (χ1n) is 11.4. The molecule has 3 heterocycles. The van der Waals surface area contributed by atoms with Gasteiger partial charge in [-0.05, 0) is 17.2 Å². The molecule has 0 saturated carbocycles. The third-order valence-corrected chi connectivity index (χ3v) is 6.69. The van der Waals surface area contributed by atoms with Crippen molar-refractivity contribution >= 4 is 24.9 Å². The molecule has 4 aromatic rings. The SMILES string of the molecule is Nc1nc2c(c(=O)[nH]1)n(Cc1ccc(-c3ccccc3F)cc1)c[n+]2[C@H]1O[C@@H](COP(=O)(O)O)[C@H](O)[C@@H]1O. The van der Waals surface area contributed by atoms with E-state index < -0.39 is 44.5 Å². The summed E-state index contributed by atoms with van der Waals surface area (Å²) in [6.45, 7) is -0.519. The average molecular weight is 548 g/mol. The first-order valence-corrected chi connectivity index (χ1v) is 12.9. The van der Waals surface area contributed by atoms with E-state index in [1.54, 1.807) is 47.0 Å². The van der Waals surface area contributed by atoms with E-state index in [2.05, 4.69) is 14.5 Å². The summed E-state index contributed by atoms with van der Waals surface area (Å²) in [4.78, 5) is 37.3. The molecule has 0 aliphatic carbocycles. The van der Waals surface area contributed by atoms with Crippen molar-refractivity contribution in [3.8, 4) is 11.1 Å². The quantitative estimate of drug-likeness (QED) is 0.137. The highest BCUT2D eigenvalue weighted by Gasteiger charge is 2.47. The highest BCUT2D eigenvalue weighted by Crippen LogP contribution is 2.38. The Morgan fingerprint density at radius 2 is 1.87 bits per heavy atom. The Bertz CT molecular complexity index is 1590. The second-order valence-corrected chi connectivity index (χ2v) is 10.0. The van der Waals surface area contributed by atoms with Gasteiger partial charge in [0.1, 0.15) is 24.1 Å². The lowest BCUT2D eigenvalue weighted by molar-refractivity contribution is -0.745. The van der Waals surface area contributed by atoms with Crippen LogP contribution >= 0.6 is 7.82 Å². The van der Waals surface area contributed by atoms with E-state index in [-0.39, 0.29) is 29.5 Å². The second kappa shape index (κ2) is 10.0. The van der Waals surface area contributed by atoms with Gasteiger partial charge in [0.05, 0.1) is 13.2 Å². The summed E-state index contributed by atoms with van der Waals surface area (Å²) in [6, 6.07) is 13.4. The molecule has 1 aliphatic rings. The van der Waals surface area contributed by atoms with E-state index in [1.165, 1.54) is 17.0 Å². The van der Waals surface area contributed by atoms with Gasteiger partial charge in [-0.1, -0.05) is 47.4 Å². The summed E-state index contributed by atoms with van der Waals surface area (Å²) in [5.74, 6) is -0.549. The third kappa shape index (κ3) is 5.11. The van der Waals surface area contributed by atoms with Gasteiger partial charge < -0.3 is 30.5 Å². The Labute approximate surface area is 213 Å². The van der Waals surface area contributed by atoms with E-state index in [9.17, 15) is 24.0 Å². The van der Waals surface area contributed by atoms with Crippen LogP contribution in [0.25, 0.3) is 22.3 Å². The van der Waals surface area contributed by atoms with E-state index in [0.29, 0.717) is 11.1 Å². The van der Waals surface area contributed by atoms with E-state index in [4.69, 9.17) is 20.3 Å². The number of hydrogen-bond donors (Lipinski definition) is 6. The number of phosphoric acid groups is 1. The van der Waals surface area contributed by atoms with Crippen molar-refractivity contribution in [2.75, 3.05) is 12.3 Å². The van der Waals surface area contributed by atoms with Crippen molar-refractivity contribution in [3.05, 3.63) is 76.6 Å². The fourth-order valence-corrected chi connectivity index (χ4v) is 4.77. The smallest absolute Gasteiger partial charge is 0.387 e. The number of benzene rings is 2. The minimum absolute atomic E-state index is 0.0435. The van der Waals surface area contributed by atoms with E-state index in [1.807, 2.05) is 0 Å². The fraction of sp³-hybridized carbons (Fsp3) is 0.261. The summed E-state index contributed by atoms with van der Waals surface area (Å²) in [7, 11) is -4.85. The molecule has 13 nitrogen and oxygen atoms in total. The molecule has 0 amide bonds. The van der Waals surface area contributed by atoms with Crippen LogP contribution in [0.3, 0.4) is 0 Å². The van der Waals surface area contributed by atoms with Gasteiger partial charge in [0.15, 0.2) is 6.33 Å². The van der Waals surface area contributed by atoms with Gasteiger partial charge in [-0.15, -0.1) is 0 Å². The number of rotatable bonds is 7. The fourth-order valence-electron chi connectivity index (χ4n) is 4.43. The van der Waals surface area contributed by atoms with Crippen LogP contribution in [0, 0.1) is 5.82 Å². The average Bonchev–Trinajstić information content (AvgIpc) is 3.35. The van der Waals surface area contributed by atoms with Gasteiger partial charge in [-0.3, -0.25) is 18.9 Å². The lowest BCUT2D eigenvalue weighted by Gasteiger charge is -2.14. The number of H-pyrrole nitrogens is 1. The standard InChI is InChI=1S/C23H23FN5O8P/c24-15-4-2-1-3-14(15)13-7-5-12(6-8-13)9-28-11-29(20-17(28)21(32)27-23(25)26-20)22-19(31)18(30)16(37-22)10-36-38(33,34)35/h1-8,11,16,18-19,22,30-31H,9-10H2,(H4-,25,26,27,32,33,34,35)/p+1/t16-,18-,19-,22-/m0/s1. The topological polar surface area (TPSA) is 197 Å². The molecule has 1 aliphatic heterocycles. The minimum atomic E-state index is -4.85. The summed E-state index contributed by atoms with van der Waals surface area (Å²) in [6.07, 6.45) is -4.21. The molecular formula is C23H24FN5O8P+. The van der Waals surface area contributed by atoms with Gasteiger partial charge in [0.25, 0.3) is 11.5 Å². The van der Waals surface area contributed by atoms with Gasteiger partial charge in [0, 0.05) is 5.56 Å². The van der Waals surface area contributed by atoms with Crippen LogP contribution in [0.5, 0.6) is 0 Å². The Kier molecular flexibility index (Phi) is 6.88. The zero-order chi connectivity index (χ0) is 27.2. The number of ether oxygens (including phenoxy) is 1. The number of phosphoric ester groups is 1. The maximum absolute atomic E-state index is 14.2. The largest absolute Gasteiger partial charge is 0.469 e. The van der Waals surface area contributed by atoms with Crippen LogP contribution < -0.4 is 15.9 Å². The summed E-state index contributed by atoms with van der Waals surface area (Å²) in [5, 5.41) is 21.0. The lowest BCUT2D eigenvalue weighted by Crippen LogP contribution is -2.46. The Morgan fingerprint density at radius 1 is 1.16 bits per heavy atom. The van der Waals surface area contributed by atoms with Crippen LogP contribution in [-0.4, -0.2) is 59.5 Å². The Hall–Kier alpha value is -3.49. The summed E-state index contributed by atoms with van der Waals surface area (Å²) in [5.41, 5.74) is 7.19. The maximum Gasteiger partial charge on any atom is 0.469 e. The van der Waals surface area contributed by atoms with Gasteiger partial charge >= 0.3 is 13.5 Å². The number of aliphatic hydroxyl groups is 2. The lowest BCUT2D eigenvalue weighted by atomic mass is 10.0. The summed E-state index contributed by atoms with van der Waals surface area (Å²) >= 11 is 0. The third-order valence-electron chi connectivity index (χ3n) is 6.20. The van der Waals surface area contributed by atoms with Gasteiger partial charge in [-0.25, -0.2) is 13.5 Å². The molecule has 200 valence electrons. The first kappa shape index (κ1) is 26.1. The molecule has 5 rings (SSSR count). The molecule has 0 unspecified atom stereocenters. The van der Waals surface area contributed by atoms with Crippen molar-refractivity contribution in [1.29, 1.82) is 0 Å². The number of nitrogens with two attached hydrogens (primary N) is 1. The molecule has 0 bridgehead atoms. The highest BCUT2D eigenvalue weighted by atomic mass is 31.2. The number of hydrogen-bond acceptors (Lipinski definition) is 8. The van der Waals surface area contributed by atoms with Crippen molar-refractivity contribution < 1.29 is 42.8 Å². The van der Waals surface area contributed by atoms with Crippen molar-refractivity contribution in [3.63, 3.8) is 0 Å². The van der Waals surface area contributed by atoms with Crippen LogP contribution in [-0.2, 0) is 20.4 Å². The second-order valence-electron chi connectivity index (χ2n) is 8.78. The number of aliphatic hydroxyl groups excluding tert-OH is 2. The van der Waals surface area contributed by atoms with Crippen molar-refractivity contribution in [2.45, 2.75) is 31.1 Å². The molecule has 38 heavy (non-hydrogen) atoms. The zero-order valence-corrected chi connectivity index (χ0v) is 20.5. The summed E-state index contributed by atoms with van der Waals surface area (Å²) < 4.78 is 38.1. The number of nitrogens with one attached hydrogen (secondary N) is 1. The molecule has 1 saturated heterocycles. The normalized spacial score (nSPS) is 21.8. The van der Waals surface area contributed by atoms with Crippen LogP contribution in [0.15, 0.2) is 59.7 Å². The number of anilines is 1. The molecule has 0 spiro atoms. The predicted octanol–water partition coefficient (Wildman–Crippen LogP) is 0.177. The van der Waals surface area contributed by atoms with Gasteiger partial charge in [0.2, 0.25) is 11.7 Å². The number of aromatic nitrogens is 4. The molecule has 7 N–H and O–H groups in total. The highest BCUT2D eigenvalue weighted by molar-refractivity contribution is 7.46. The van der Waals surface area contributed by atoms with Gasteiger partial charge in [-0.2, -0.15) is 0 Å². The minimum Gasteiger partial charge on any atom is -0.387 e. The number of nitrogens with zero attached hydrogens (tertiary/aromatic N) is 3. The molecule has 0 radical (unpaired) electrons. The molecule has 15 heteroatoms. The van der Waals surface area contributed by atoms with Crippen molar-refractivity contribution in [2.24, 2.45) is 0 Å². The number of nitrogen functional groups attached to an aromatic ring is 1. The monoisotopic (exact) mass is 548 g/mol. The predicted molar refractivity (Wildman–Crippen MR) is 130 cm³/mol. The number of halogens is 1. The molecular weight excluding hydrogens is 524 g/mol. The van der Waals surface area contributed by atoms with Crippen LogP contribution in [0.2, 0.25) is 0 Å². The molecule has 1 fully saturated rings. The Balaban J connectivity index is 1.48. The number of imidazole rings is 1. The van der Waals surface area contributed by atoms with Crippen LogP contribution in [0.1, 0.15) is 11.8 Å². The number of aromatic amines is 1. The first-order chi connectivity index (χ1) is 18.0. The Morgan fingerprint density at radius 3 is 2.55 bits per heavy atom. The van der Waals surface area contributed by atoms with Crippen LogP contribution in [0.4, 0.5) is 10.3 Å². The molecule has 4 atom stereocenters. The maximum atomic E-state index is 14.2. The number of fused-ring (bicyclic) bond motifs is 1. The van der Waals surface area contributed by atoms with E-state index in [0.717, 1.165) is 5.56 Å².